The van der Waals surface area contributed by atoms with Crippen molar-refractivity contribution in [1.29, 1.82) is 0 Å². The van der Waals surface area contributed by atoms with Gasteiger partial charge in [-0.2, -0.15) is 5.10 Å². The van der Waals surface area contributed by atoms with Gasteiger partial charge in [-0.05, 0) is 38.5 Å². The lowest BCUT2D eigenvalue weighted by Crippen LogP contribution is -3.13. The van der Waals surface area contributed by atoms with E-state index in [4.69, 9.17) is 4.74 Å². The van der Waals surface area contributed by atoms with Crippen LogP contribution in [0.3, 0.4) is 0 Å². The molecule has 0 spiro atoms. The van der Waals surface area contributed by atoms with Gasteiger partial charge in [0.05, 0.1) is 39.0 Å². The van der Waals surface area contributed by atoms with Gasteiger partial charge in [-0.15, -0.1) is 0 Å². The fraction of sp³-hybridized carbons (Fsp3) is 0.409. The maximum Gasteiger partial charge on any atom is 0.128 e. The molecule has 26 heavy (non-hydrogen) atoms. The minimum absolute atomic E-state index is 0.672. The molecule has 0 aromatic heterocycles. The molecule has 1 aliphatic heterocycles. The predicted octanol–water partition coefficient (Wildman–Crippen LogP) is 2.44. The lowest BCUT2D eigenvalue weighted by Gasteiger charge is -2.30. The van der Waals surface area contributed by atoms with E-state index in [2.05, 4.69) is 48.2 Å². The number of hydrogen-bond acceptors (Lipinski definition) is 3. The summed E-state index contributed by atoms with van der Waals surface area (Å²) < 4.78 is 5.67. The third kappa shape index (κ3) is 4.85. The molecular formula is C22H30N3O+. The van der Waals surface area contributed by atoms with Crippen LogP contribution in [0.4, 0.5) is 0 Å². The number of benzene rings is 2. The summed E-state index contributed by atoms with van der Waals surface area (Å²) in [6.07, 6.45) is 1.93. The lowest BCUT2D eigenvalue weighted by atomic mass is 10.1. The Hall–Kier alpha value is -2.33. The second kappa shape index (κ2) is 8.86. The standard InChI is InChI=1S/C22H29N3O/c1-4-26-22-8-6-5-7-20(22)16-23-25-13-11-24(12-14-25)17-21-10-9-18(2)15-19(21)3/h5-10,15-16H,4,11-14,17H2,1-3H3/p+1/b23-16-. The molecule has 2 aromatic carbocycles. The summed E-state index contributed by atoms with van der Waals surface area (Å²) in [6, 6.07) is 14.9. The van der Waals surface area contributed by atoms with Crippen LogP contribution in [0.15, 0.2) is 47.6 Å². The molecule has 4 nitrogen and oxygen atoms in total. The van der Waals surface area contributed by atoms with E-state index in [0.29, 0.717) is 6.61 Å². The smallest absolute Gasteiger partial charge is 0.128 e. The highest BCUT2D eigenvalue weighted by Gasteiger charge is 2.19. The zero-order chi connectivity index (χ0) is 18.4. The highest BCUT2D eigenvalue weighted by molar-refractivity contribution is 5.83. The summed E-state index contributed by atoms with van der Waals surface area (Å²) in [6.45, 7) is 12.4. The van der Waals surface area contributed by atoms with Gasteiger partial charge in [-0.1, -0.05) is 35.9 Å². The van der Waals surface area contributed by atoms with Crippen molar-refractivity contribution < 1.29 is 9.64 Å². The van der Waals surface area contributed by atoms with Gasteiger partial charge in [0, 0.05) is 11.1 Å². The second-order valence-corrected chi connectivity index (χ2v) is 7.03. The van der Waals surface area contributed by atoms with Crippen LogP contribution < -0.4 is 9.64 Å². The van der Waals surface area contributed by atoms with Gasteiger partial charge in [-0.3, -0.25) is 5.01 Å². The number of para-hydroxylation sites is 1. The summed E-state index contributed by atoms with van der Waals surface area (Å²) in [5, 5.41) is 6.86. The number of rotatable bonds is 6. The number of hydrazone groups is 1. The molecule has 4 heteroatoms. The van der Waals surface area contributed by atoms with Crippen LogP contribution in [0.2, 0.25) is 0 Å². The van der Waals surface area contributed by atoms with Gasteiger partial charge < -0.3 is 9.64 Å². The van der Waals surface area contributed by atoms with E-state index in [9.17, 15) is 0 Å². The van der Waals surface area contributed by atoms with Crippen LogP contribution >= 0.6 is 0 Å². The zero-order valence-corrected chi connectivity index (χ0v) is 16.2. The van der Waals surface area contributed by atoms with E-state index in [0.717, 1.165) is 44.0 Å². The molecule has 0 aliphatic carbocycles. The van der Waals surface area contributed by atoms with E-state index in [1.165, 1.54) is 16.7 Å². The van der Waals surface area contributed by atoms with Crippen molar-refractivity contribution in [2.45, 2.75) is 27.3 Å². The van der Waals surface area contributed by atoms with Crippen molar-refractivity contribution >= 4 is 6.21 Å². The minimum atomic E-state index is 0.672. The third-order valence-electron chi connectivity index (χ3n) is 4.96. The number of piperazine rings is 1. The topological polar surface area (TPSA) is 29.3 Å². The molecular weight excluding hydrogens is 322 g/mol. The van der Waals surface area contributed by atoms with Crippen molar-refractivity contribution in [3.63, 3.8) is 0 Å². The Labute approximate surface area is 157 Å². The molecule has 0 unspecified atom stereocenters. The molecule has 0 atom stereocenters. The zero-order valence-electron chi connectivity index (χ0n) is 16.2. The normalized spacial score (nSPS) is 15.6. The quantitative estimate of drug-likeness (QED) is 0.809. The first-order valence-electron chi connectivity index (χ1n) is 9.56. The Morgan fingerprint density at radius 2 is 1.88 bits per heavy atom. The number of quaternary nitrogens is 1. The fourth-order valence-electron chi connectivity index (χ4n) is 3.43. The van der Waals surface area contributed by atoms with Crippen LogP contribution in [0.25, 0.3) is 0 Å². The van der Waals surface area contributed by atoms with Gasteiger partial charge >= 0.3 is 0 Å². The first-order chi connectivity index (χ1) is 12.7. The molecule has 0 radical (unpaired) electrons. The molecule has 2 aromatic rings. The largest absolute Gasteiger partial charge is 0.493 e. The molecule has 1 heterocycles. The van der Waals surface area contributed by atoms with Crippen molar-refractivity contribution in [1.82, 2.24) is 5.01 Å². The van der Waals surface area contributed by atoms with Gasteiger partial charge in [-0.25, -0.2) is 0 Å². The van der Waals surface area contributed by atoms with Gasteiger partial charge in [0.15, 0.2) is 0 Å². The Bertz CT molecular complexity index is 749. The first kappa shape index (κ1) is 18.5. The predicted molar refractivity (Wildman–Crippen MR) is 107 cm³/mol. The highest BCUT2D eigenvalue weighted by Crippen LogP contribution is 2.16. The van der Waals surface area contributed by atoms with E-state index < -0.39 is 0 Å². The van der Waals surface area contributed by atoms with Gasteiger partial charge in [0.2, 0.25) is 0 Å². The van der Waals surface area contributed by atoms with Crippen molar-refractivity contribution in [3.05, 3.63) is 64.7 Å². The van der Waals surface area contributed by atoms with E-state index in [-0.39, 0.29) is 0 Å². The molecule has 1 aliphatic rings. The van der Waals surface area contributed by atoms with Crippen molar-refractivity contribution in [2.75, 3.05) is 32.8 Å². The minimum Gasteiger partial charge on any atom is -0.493 e. The molecule has 1 N–H and O–H groups in total. The number of nitrogens with one attached hydrogen (secondary N) is 1. The SMILES string of the molecule is CCOc1ccccc1/C=N\N1CC[NH+](Cc2ccc(C)cc2C)CC1. The van der Waals surface area contributed by atoms with Crippen molar-refractivity contribution in [3.8, 4) is 5.75 Å². The Balaban J connectivity index is 1.54. The summed E-state index contributed by atoms with van der Waals surface area (Å²) in [5.41, 5.74) is 5.26. The van der Waals surface area contributed by atoms with Gasteiger partial charge in [0.25, 0.3) is 0 Å². The average Bonchev–Trinajstić information content (AvgIpc) is 2.65. The Morgan fingerprint density at radius 3 is 2.62 bits per heavy atom. The van der Waals surface area contributed by atoms with Gasteiger partial charge in [0.1, 0.15) is 12.3 Å². The second-order valence-electron chi connectivity index (χ2n) is 7.03. The molecule has 0 amide bonds. The Kier molecular flexibility index (Phi) is 6.29. The Morgan fingerprint density at radius 1 is 1.12 bits per heavy atom. The molecule has 1 saturated heterocycles. The monoisotopic (exact) mass is 352 g/mol. The van der Waals surface area contributed by atoms with Crippen LogP contribution in [-0.2, 0) is 6.54 Å². The van der Waals surface area contributed by atoms with E-state index in [1.807, 2.05) is 31.3 Å². The average molecular weight is 353 g/mol. The number of ether oxygens (including phenoxy) is 1. The molecule has 138 valence electrons. The van der Waals surface area contributed by atoms with Crippen LogP contribution in [0, 0.1) is 13.8 Å². The number of aryl methyl sites for hydroxylation is 2. The summed E-state index contributed by atoms with van der Waals surface area (Å²) in [4.78, 5) is 1.64. The molecule has 0 saturated carbocycles. The summed E-state index contributed by atoms with van der Waals surface area (Å²) in [7, 11) is 0. The fourth-order valence-corrected chi connectivity index (χ4v) is 3.43. The van der Waals surface area contributed by atoms with Crippen LogP contribution in [0.5, 0.6) is 5.75 Å². The maximum absolute atomic E-state index is 5.67. The number of hydrogen-bond donors (Lipinski definition) is 1. The van der Waals surface area contributed by atoms with Crippen LogP contribution in [-0.4, -0.2) is 44.0 Å². The number of nitrogens with zero attached hydrogens (tertiary/aromatic N) is 2. The van der Waals surface area contributed by atoms with E-state index >= 15 is 0 Å². The summed E-state index contributed by atoms with van der Waals surface area (Å²) in [5.74, 6) is 0.901. The van der Waals surface area contributed by atoms with Crippen molar-refractivity contribution in [2.24, 2.45) is 5.10 Å². The van der Waals surface area contributed by atoms with E-state index in [1.54, 1.807) is 4.90 Å². The first-order valence-corrected chi connectivity index (χ1v) is 9.56. The maximum atomic E-state index is 5.67. The highest BCUT2D eigenvalue weighted by atomic mass is 16.5. The third-order valence-corrected chi connectivity index (χ3v) is 4.96. The molecule has 0 bridgehead atoms. The van der Waals surface area contributed by atoms with Crippen LogP contribution in [0.1, 0.15) is 29.2 Å². The summed E-state index contributed by atoms with van der Waals surface area (Å²) >= 11 is 0. The molecule has 3 rings (SSSR count). The molecule has 1 fully saturated rings. The lowest BCUT2D eigenvalue weighted by molar-refractivity contribution is -0.918.